The average molecular weight is 377 g/mol. The Hall–Kier alpha value is -3.14. The third-order valence-corrected chi connectivity index (χ3v) is 5.12. The van der Waals surface area contributed by atoms with E-state index in [0.717, 1.165) is 59.7 Å². The smallest absolute Gasteiger partial charge is 0.198 e. The van der Waals surface area contributed by atoms with E-state index in [0.29, 0.717) is 12.0 Å². The molecule has 1 fully saturated rings. The van der Waals surface area contributed by atoms with Crippen LogP contribution in [0.4, 0.5) is 5.95 Å². The quantitative estimate of drug-likeness (QED) is 0.389. The van der Waals surface area contributed by atoms with Crippen molar-refractivity contribution in [2.75, 3.05) is 31.9 Å². The highest BCUT2D eigenvalue weighted by Gasteiger charge is 2.25. The van der Waals surface area contributed by atoms with Crippen LogP contribution >= 0.6 is 0 Å². The lowest BCUT2D eigenvalue weighted by Crippen LogP contribution is -2.56. The number of anilines is 1. The van der Waals surface area contributed by atoms with Crippen molar-refractivity contribution < 1.29 is 0 Å². The summed E-state index contributed by atoms with van der Waals surface area (Å²) in [5.41, 5.74) is 16.8. The van der Waals surface area contributed by atoms with Gasteiger partial charge in [0.25, 0.3) is 0 Å². The number of imidazole rings is 1. The number of H-pyrrole nitrogens is 1. The normalized spacial score (nSPS) is 19.6. The maximum absolute atomic E-state index is 5.89. The van der Waals surface area contributed by atoms with Gasteiger partial charge in [-0.3, -0.25) is 5.01 Å². The van der Waals surface area contributed by atoms with Crippen molar-refractivity contribution in [1.82, 2.24) is 36.7 Å². The highest BCUT2D eigenvalue weighted by molar-refractivity contribution is 6.07. The summed E-state index contributed by atoms with van der Waals surface area (Å²) < 4.78 is 0. The number of nitrogens with two attached hydrogens (primary N) is 1. The summed E-state index contributed by atoms with van der Waals surface area (Å²) in [7, 11) is 0. The molecular formula is C19H23N9. The zero-order chi connectivity index (χ0) is 18.9. The first-order valence-corrected chi connectivity index (χ1v) is 9.43. The minimum atomic E-state index is 0.341. The number of nitrogens with one attached hydrogen (secondary N) is 5. The zero-order valence-electron chi connectivity index (χ0n) is 15.4. The van der Waals surface area contributed by atoms with Gasteiger partial charge in [-0.15, -0.1) is 10.6 Å². The number of aromatic nitrogens is 2. The lowest BCUT2D eigenvalue weighted by molar-refractivity contribution is 0.249. The van der Waals surface area contributed by atoms with E-state index in [-0.39, 0.29) is 0 Å². The molecule has 5 rings (SSSR count). The fraction of sp³-hybridized carbons (Fsp3) is 0.263. The van der Waals surface area contributed by atoms with E-state index < -0.39 is 0 Å². The summed E-state index contributed by atoms with van der Waals surface area (Å²) in [5, 5.41) is 13.5. The molecule has 7 N–H and O–H groups in total. The molecule has 144 valence electrons. The topological polar surface area (TPSA) is 118 Å². The Bertz CT molecular complexity index is 1020. The highest BCUT2D eigenvalue weighted by Crippen LogP contribution is 2.31. The summed E-state index contributed by atoms with van der Waals surface area (Å²) in [5.74, 6) is 1.27. The molecular weight excluding hydrogens is 354 g/mol. The molecule has 9 heteroatoms. The number of hydrazine groups is 2. The molecule has 0 saturated carbocycles. The van der Waals surface area contributed by atoms with Crippen LogP contribution in [0.1, 0.15) is 5.56 Å². The van der Waals surface area contributed by atoms with Crippen molar-refractivity contribution in [3.05, 3.63) is 48.0 Å². The number of nitrogen functional groups attached to an aromatic ring is 1. The Kier molecular flexibility index (Phi) is 4.32. The predicted octanol–water partition coefficient (Wildman–Crippen LogP) is 0.360. The van der Waals surface area contributed by atoms with Gasteiger partial charge < -0.3 is 21.4 Å². The van der Waals surface area contributed by atoms with Gasteiger partial charge in [0.05, 0.1) is 17.6 Å². The number of piperazine rings is 1. The Morgan fingerprint density at radius 1 is 1.04 bits per heavy atom. The lowest BCUT2D eigenvalue weighted by atomic mass is 9.97. The summed E-state index contributed by atoms with van der Waals surface area (Å²) in [6.45, 7) is 3.69. The van der Waals surface area contributed by atoms with Crippen LogP contribution in [-0.2, 0) is 0 Å². The monoisotopic (exact) mass is 377 g/mol. The van der Waals surface area contributed by atoms with Gasteiger partial charge in [0.2, 0.25) is 0 Å². The molecule has 9 nitrogen and oxygen atoms in total. The molecule has 28 heavy (non-hydrogen) atoms. The van der Waals surface area contributed by atoms with Gasteiger partial charge in [0.1, 0.15) is 0 Å². The Morgan fingerprint density at radius 2 is 1.89 bits per heavy atom. The van der Waals surface area contributed by atoms with Gasteiger partial charge in [-0.2, -0.15) is 0 Å². The van der Waals surface area contributed by atoms with E-state index >= 15 is 0 Å². The highest BCUT2D eigenvalue weighted by atomic mass is 15.8. The van der Waals surface area contributed by atoms with Gasteiger partial charge >= 0.3 is 0 Å². The van der Waals surface area contributed by atoms with Crippen LogP contribution in [0.3, 0.4) is 0 Å². The summed E-state index contributed by atoms with van der Waals surface area (Å²) >= 11 is 0. The van der Waals surface area contributed by atoms with Gasteiger partial charge in [-0.1, -0.05) is 36.4 Å². The minimum absolute atomic E-state index is 0.341. The molecule has 2 aliphatic rings. The van der Waals surface area contributed by atoms with E-state index in [9.17, 15) is 0 Å². The van der Waals surface area contributed by atoms with Crippen molar-refractivity contribution in [3.63, 3.8) is 0 Å². The van der Waals surface area contributed by atoms with Gasteiger partial charge in [0, 0.05) is 36.8 Å². The van der Waals surface area contributed by atoms with Gasteiger partial charge in [-0.25, -0.2) is 10.5 Å². The Labute approximate surface area is 162 Å². The first-order chi connectivity index (χ1) is 13.8. The maximum Gasteiger partial charge on any atom is 0.198 e. The summed E-state index contributed by atoms with van der Waals surface area (Å²) in [6.07, 6.45) is 0. The van der Waals surface area contributed by atoms with Crippen molar-refractivity contribution in [2.45, 2.75) is 6.04 Å². The number of hydrogen-bond donors (Lipinski definition) is 6. The second kappa shape index (κ2) is 7.12. The number of hydrazone groups is 1. The summed E-state index contributed by atoms with van der Waals surface area (Å²) in [6, 6.07) is 14.6. The van der Waals surface area contributed by atoms with E-state index in [1.807, 2.05) is 29.3 Å². The van der Waals surface area contributed by atoms with E-state index in [1.165, 1.54) is 0 Å². The number of amidine groups is 1. The molecule has 1 saturated heterocycles. The second-order valence-electron chi connectivity index (χ2n) is 6.99. The van der Waals surface area contributed by atoms with Crippen molar-refractivity contribution in [1.29, 1.82) is 0 Å². The number of para-hydroxylation sites is 1. The fourth-order valence-corrected chi connectivity index (χ4v) is 3.83. The molecule has 0 radical (unpaired) electrons. The SMILES string of the molecule is Nc1nc2c(-c3ccccc3C3=NNNN3C[C@@H]3CNCCN3)cccc2[nH]1. The number of rotatable bonds is 4. The van der Waals surface area contributed by atoms with Crippen LogP contribution < -0.4 is 27.4 Å². The van der Waals surface area contributed by atoms with Crippen LogP contribution in [0, 0.1) is 0 Å². The summed E-state index contributed by atoms with van der Waals surface area (Å²) in [4.78, 5) is 7.60. The molecule has 0 bridgehead atoms. The molecule has 0 amide bonds. The number of benzene rings is 2. The number of hydrogen-bond acceptors (Lipinski definition) is 8. The standard InChI is InChI=1S/C19H23N9/c20-19-23-16-7-3-6-14(17(16)24-19)13-4-1-2-5-15(13)18-25-26-27-28(18)11-12-10-21-8-9-22-12/h1-7,12,21-22,26-27H,8-11H2,(H3,20,23,24)/t12-/m0/s1. The predicted molar refractivity (Wildman–Crippen MR) is 110 cm³/mol. The maximum atomic E-state index is 5.89. The van der Waals surface area contributed by atoms with Crippen LogP contribution in [0.2, 0.25) is 0 Å². The molecule has 2 aromatic carbocycles. The first-order valence-electron chi connectivity index (χ1n) is 9.43. The molecule has 3 aromatic rings. The van der Waals surface area contributed by atoms with Crippen LogP contribution in [0.15, 0.2) is 47.6 Å². The molecule has 1 aromatic heterocycles. The second-order valence-corrected chi connectivity index (χ2v) is 6.99. The molecule has 0 unspecified atom stereocenters. The minimum Gasteiger partial charge on any atom is -0.369 e. The number of fused-ring (bicyclic) bond motifs is 1. The van der Waals surface area contributed by atoms with Crippen molar-refractivity contribution in [2.24, 2.45) is 5.10 Å². The van der Waals surface area contributed by atoms with Crippen molar-refractivity contribution in [3.8, 4) is 11.1 Å². The van der Waals surface area contributed by atoms with Crippen LogP contribution in [0.25, 0.3) is 22.2 Å². The van der Waals surface area contributed by atoms with Gasteiger partial charge in [-0.05, 0) is 11.6 Å². The molecule has 0 spiro atoms. The zero-order valence-corrected chi connectivity index (χ0v) is 15.4. The van der Waals surface area contributed by atoms with E-state index in [2.05, 4.69) is 55.0 Å². The van der Waals surface area contributed by atoms with E-state index in [4.69, 9.17) is 5.73 Å². The van der Waals surface area contributed by atoms with Crippen molar-refractivity contribution >= 4 is 22.8 Å². The lowest BCUT2D eigenvalue weighted by Gasteiger charge is -2.29. The van der Waals surface area contributed by atoms with Gasteiger partial charge in [0.15, 0.2) is 11.8 Å². The fourth-order valence-electron chi connectivity index (χ4n) is 3.83. The number of aromatic amines is 1. The molecule has 2 aliphatic heterocycles. The molecule has 0 aliphatic carbocycles. The Balaban J connectivity index is 1.52. The molecule has 1 atom stereocenters. The molecule has 3 heterocycles. The Morgan fingerprint density at radius 3 is 2.75 bits per heavy atom. The third kappa shape index (κ3) is 3.05. The van der Waals surface area contributed by atoms with Crippen LogP contribution in [-0.4, -0.2) is 53.0 Å². The van der Waals surface area contributed by atoms with E-state index in [1.54, 1.807) is 0 Å². The number of nitrogens with zero attached hydrogens (tertiary/aromatic N) is 3. The van der Waals surface area contributed by atoms with Crippen LogP contribution in [0.5, 0.6) is 0 Å². The first kappa shape index (κ1) is 17.0. The third-order valence-electron chi connectivity index (χ3n) is 5.12. The average Bonchev–Trinajstić information content (AvgIpc) is 3.34. The largest absolute Gasteiger partial charge is 0.369 e.